The molecule has 2 nitrogen and oxygen atoms in total. The molecule has 0 amide bonds. The van der Waals surface area contributed by atoms with Gasteiger partial charge in [-0.3, -0.25) is 0 Å². The minimum atomic E-state index is -1.91. The first-order valence-corrected chi connectivity index (χ1v) is 14.8. The molecule has 0 saturated carbocycles. The Morgan fingerprint density at radius 1 is 0.407 bits per heavy atom. The molecule has 0 N–H and O–H groups in total. The van der Waals surface area contributed by atoms with Crippen LogP contribution in [0.2, 0.25) is 12.1 Å². The van der Waals surface area contributed by atoms with Crippen molar-refractivity contribution < 1.29 is 8.85 Å². The van der Waals surface area contributed by atoms with Gasteiger partial charge in [-0.2, -0.15) is 0 Å². The summed E-state index contributed by atoms with van der Waals surface area (Å²) in [4.78, 5) is 0. The number of hydrogen-bond donors (Lipinski definition) is 0. The molecule has 0 aromatic rings. The Balaban J connectivity index is 3.60. The van der Waals surface area contributed by atoms with Crippen LogP contribution in [0, 0.1) is 0 Å². The van der Waals surface area contributed by atoms with E-state index in [0.29, 0.717) is 0 Å². The molecule has 0 spiro atoms. The maximum atomic E-state index is 6.36. The van der Waals surface area contributed by atoms with E-state index in [1.165, 1.54) is 103 Å². The van der Waals surface area contributed by atoms with Crippen LogP contribution in [-0.4, -0.2) is 21.8 Å². The zero-order valence-electron chi connectivity index (χ0n) is 19.5. The van der Waals surface area contributed by atoms with Gasteiger partial charge in [-0.05, 0) is 24.9 Å². The highest BCUT2D eigenvalue weighted by atomic mass is 28.4. The standard InChI is InChI=1S/C24H52O2Si/c1-5-9-11-13-14-15-16-17-18-20-22-24-26-27(7-3,8-4)25-23-21-19-12-10-6-2/h5-24H2,1-4H3. The molecule has 0 aliphatic rings. The van der Waals surface area contributed by atoms with Crippen molar-refractivity contribution in [2.45, 2.75) is 143 Å². The van der Waals surface area contributed by atoms with Gasteiger partial charge in [0.25, 0.3) is 0 Å². The number of hydrogen-bond acceptors (Lipinski definition) is 2. The Morgan fingerprint density at radius 3 is 1.00 bits per heavy atom. The van der Waals surface area contributed by atoms with Crippen LogP contribution in [0.1, 0.15) is 130 Å². The van der Waals surface area contributed by atoms with Crippen LogP contribution >= 0.6 is 0 Å². The summed E-state index contributed by atoms with van der Waals surface area (Å²) >= 11 is 0. The minimum Gasteiger partial charge on any atom is -0.394 e. The average Bonchev–Trinajstić information content (AvgIpc) is 2.70. The fourth-order valence-corrected chi connectivity index (χ4v) is 6.12. The van der Waals surface area contributed by atoms with Crippen molar-refractivity contribution >= 4 is 8.56 Å². The van der Waals surface area contributed by atoms with Crippen molar-refractivity contribution in [1.29, 1.82) is 0 Å². The third kappa shape index (κ3) is 16.8. The molecule has 0 bridgehead atoms. The average molecular weight is 401 g/mol. The van der Waals surface area contributed by atoms with Gasteiger partial charge in [-0.1, -0.05) is 118 Å². The van der Waals surface area contributed by atoms with Crippen molar-refractivity contribution in [1.82, 2.24) is 0 Å². The zero-order valence-corrected chi connectivity index (χ0v) is 20.5. The molecule has 0 atom stereocenters. The van der Waals surface area contributed by atoms with Gasteiger partial charge in [0.05, 0.1) is 0 Å². The lowest BCUT2D eigenvalue weighted by Crippen LogP contribution is -2.41. The topological polar surface area (TPSA) is 18.5 Å². The second kappa shape index (κ2) is 20.9. The molecule has 0 unspecified atom stereocenters. The summed E-state index contributed by atoms with van der Waals surface area (Å²) < 4.78 is 12.7. The lowest BCUT2D eigenvalue weighted by atomic mass is 10.1. The van der Waals surface area contributed by atoms with Crippen LogP contribution < -0.4 is 0 Å². The first kappa shape index (κ1) is 27.1. The highest BCUT2D eigenvalue weighted by molar-refractivity contribution is 6.67. The number of unbranched alkanes of at least 4 members (excludes halogenated alkanes) is 14. The monoisotopic (exact) mass is 400 g/mol. The number of rotatable bonds is 22. The molecule has 0 aromatic carbocycles. The van der Waals surface area contributed by atoms with Gasteiger partial charge < -0.3 is 8.85 Å². The molecule has 164 valence electrons. The highest BCUT2D eigenvalue weighted by Crippen LogP contribution is 2.20. The molecule has 3 heteroatoms. The van der Waals surface area contributed by atoms with E-state index in [1.807, 2.05) is 0 Å². The molecule has 0 rings (SSSR count). The maximum Gasteiger partial charge on any atom is 0.337 e. The van der Waals surface area contributed by atoms with E-state index in [2.05, 4.69) is 27.7 Å². The smallest absolute Gasteiger partial charge is 0.337 e. The van der Waals surface area contributed by atoms with Gasteiger partial charge >= 0.3 is 8.56 Å². The van der Waals surface area contributed by atoms with Crippen molar-refractivity contribution in [3.05, 3.63) is 0 Å². The molecule has 0 radical (unpaired) electrons. The molecule has 0 saturated heterocycles. The van der Waals surface area contributed by atoms with Gasteiger partial charge in [0.15, 0.2) is 0 Å². The van der Waals surface area contributed by atoms with E-state index >= 15 is 0 Å². The Hall–Kier alpha value is 0.137. The van der Waals surface area contributed by atoms with E-state index in [9.17, 15) is 0 Å². The summed E-state index contributed by atoms with van der Waals surface area (Å²) in [7, 11) is -1.91. The van der Waals surface area contributed by atoms with Crippen LogP contribution in [-0.2, 0) is 8.85 Å². The summed E-state index contributed by atoms with van der Waals surface area (Å²) in [6.45, 7) is 10.9. The van der Waals surface area contributed by atoms with Crippen molar-refractivity contribution in [2.75, 3.05) is 13.2 Å². The van der Waals surface area contributed by atoms with Gasteiger partial charge in [-0.25, -0.2) is 0 Å². The SMILES string of the molecule is CCCCCCCCCCCCCO[Si](CC)(CC)OCCCCCCC. The van der Waals surface area contributed by atoms with Crippen molar-refractivity contribution in [3.8, 4) is 0 Å². The van der Waals surface area contributed by atoms with Gasteiger partial charge in [0, 0.05) is 13.2 Å². The minimum absolute atomic E-state index is 0.913. The second-order valence-corrected chi connectivity index (χ2v) is 12.1. The first-order valence-electron chi connectivity index (χ1n) is 12.5. The molecule has 0 heterocycles. The van der Waals surface area contributed by atoms with Crippen molar-refractivity contribution in [3.63, 3.8) is 0 Å². The van der Waals surface area contributed by atoms with E-state index in [-0.39, 0.29) is 0 Å². The molecular weight excluding hydrogens is 348 g/mol. The summed E-state index contributed by atoms with van der Waals surface area (Å²) in [6.07, 6.45) is 21.8. The van der Waals surface area contributed by atoms with Crippen LogP contribution in [0.5, 0.6) is 0 Å². The molecule has 0 aliphatic heterocycles. The summed E-state index contributed by atoms with van der Waals surface area (Å²) in [5.41, 5.74) is 0. The van der Waals surface area contributed by atoms with Crippen LogP contribution in [0.15, 0.2) is 0 Å². The Bertz CT molecular complexity index is 280. The van der Waals surface area contributed by atoms with Crippen LogP contribution in [0.25, 0.3) is 0 Å². The normalized spacial score (nSPS) is 12.0. The van der Waals surface area contributed by atoms with Crippen LogP contribution in [0.3, 0.4) is 0 Å². The van der Waals surface area contributed by atoms with Crippen molar-refractivity contribution in [2.24, 2.45) is 0 Å². The molecule has 0 aromatic heterocycles. The van der Waals surface area contributed by atoms with E-state index in [1.54, 1.807) is 0 Å². The Morgan fingerprint density at radius 2 is 0.704 bits per heavy atom. The molecular formula is C24H52O2Si. The zero-order chi connectivity index (χ0) is 20.1. The lowest BCUT2D eigenvalue weighted by Gasteiger charge is -2.29. The lowest BCUT2D eigenvalue weighted by molar-refractivity contribution is 0.163. The maximum absolute atomic E-state index is 6.36. The Kier molecular flexibility index (Phi) is 21.0. The predicted molar refractivity (Wildman–Crippen MR) is 124 cm³/mol. The fraction of sp³-hybridized carbons (Fsp3) is 1.00. The fourth-order valence-electron chi connectivity index (χ4n) is 3.69. The molecule has 27 heavy (non-hydrogen) atoms. The third-order valence-electron chi connectivity index (χ3n) is 5.80. The van der Waals surface area contributed by atoms with E-state index in [0.717, 1.165) is 25.3 Å². The van der Waals surface area contributed by atoms with E-state index in [4.69, 9.17) is 8.85 Å². The highest BCUT2D eigenvalue weighted by Gasteiger charge is 2.33. The van der Waals surface area contributed by atoms with Gasteiger partial charge in [0.2, 0.25) is 0 Å². The largest absolute Gasteiger partial charge is 0.394 e. The summed E-state index contributed by atoms with van der Waals surface area (Å²) in [6, 6.07) is 2.19. The van der Waals surface area contributed by atoms with Gasteiger partial charge in [-0.15, -0.1) is 0 Å². The summed E-state index contributed by atoms with van der Waals surface area (Å²) in [5, 5.41) is 0. The van der Waals surface area contributed by atoms with Gasteiger partial charge in [0.1, 0.15) is 0 Å². The molecule has 0 fully saturated rings. The Labute approximate surface area is 173 Å². The predicted octanol–water partition coefficient (Wildman–Crippen LogP) is 8.78. The molecule has 0 aliphatic carbocycles. The second-order valence-electron chi connectivity index (χ2n) is 8.26. The van der Waals surface area contributed by atoms with Crippen LogP contribution in [0.4, 0.5) is 0 Å². The summed E-state index contributed by atoms with van der Waals surface area (Å²) in [5.74, 6) is 0. The quantitative estimate of drug-likeness (QED) is 0.133. The first-order chi connectivity index (χ1) is 13.2. The van der Waals surface area contributed by atoms with E-state index < -0.39 is 8.56 Å². The third-order valence-corrected chi connectivity index (χ3v) is 9.42.